The zero-order chi connectivity index (χ0) is 10.8. The molecule has 0 fully saturated rings. The van der Waals surface area contributed by atoms with Crippen molar-refractivity contribution in [2.75, 3.05) is 0 Å². The van der Waals surface area contributed by atoms with Crippen LogP contribution in [-0.2, 0) is 4.79 Å². The number of Topliss-reactive ketones (excluding diaryl/α,β-unsaturated/α-hetero) is 2. The molecule has 0 saturated heterocycles. The van der Waals surface area contributed by atoms with Gasteiger partial charge in [0.2, 0.25) is 5.78 Å². The third-order valence-corrected chi connectivity index (χ3v) is 2.12. The Morgan fingerprint density at radius 1 is 1.40 bits per heavy atom. The molecule has 2 N–H and O–H groups in total. The molecule has 0 bridgehead atoms. The standard InChI is InChI=1S/C7H4F3NO2S.H2O/c8-7(9,10)5(13)3-4(12)6-11-1-2-14-6;/h1-2H,3H2;1H2. The predicted octanol–water partition coefficient (Wildman–Crippen LogP) is 1.02. The Morgan fingerprint density at radius 3 is 2.40 bits per heavy atom. The van der Waals surface area contributed by atoms with Gasteiger partial charge in [-0.3, -0.25) is 9.59 Å². The highest BCUT2D eigenvalue weighted by Crippen LogP contribution is 2.19. The largest absolute Gasteiger partial charge is 0.450 e. The minimum atomic E-state index is -4.95. The fourth-order valence-corrected chi connectivity index (χ4v) is 1.26. The second kappa shape index (κ2) is 4.99. The van der Waals surface area contributed by atoms with E-state index in [-0.39, 0.29) is 10.5 Å². The van der Waals surface area contributed by atoms with Crippen LogP contribution in [0.4, 0.5) is 13.2 Å². The topological polar surface area (TPSA) is 78.5 Å². The lowest BCUT2D eigenvalue weighted by Crippen LogP contribution is -2.25. The maximum absolute atomic E-state index is 11.7. The summed E-state index contributed by atoms with van der Waals surface area (Å²) in [5.41, 5.74) is 0. The smallest absolute Gasteiger partial charge is 0.412 e. The average Bonchev–Trinajstić information content (AvgIpc) is 2.53. The Hall–Kier alpha value is -1.28. The Balaban J connectivity index is 0.00000196. The van der Waals surface area contributed by atoms with E-state index in [0.717, 1.165) is 11.3 Å². The molecule has 8 heteroatoms. The van der Waals surface area contributed by atoms with Crippen molar-refractivity contribution in [1.82, 2.24) is 4.98 Å². The molecule has 0 atom stereocenters. The second-order valence-corrected chi connectivity index (χ2v) is 3.25. The van der Waals surface area contributed by atoms with Crippen molar-refractivity contribution in [2.24, 2.45) is 0 Å². The normalized spacial score (nSPS) is 10.6. The van der Waals surface area contributed by atoms with Gasteiger partial charge < -0.3 is 5.48 Å². The highest BCUT2D eigenvalue weighted by molar-refractivity contribution is 7.11. The molecule has 1 aromatic rings. The van der Waals surface area contributed by atoms with E-state index < -0.39 is 24.2 Å². The van der Waals surface area contributed by atoms with Gasteiger partial charge in [-0.25, -0.2) is 4.98 Å². The summed E-state index contributed by atoms with van der Waals surface area (Å²) in [6.07, 6.45) is -4.83. The van der Waals surface area contributed by atoms with Crippen molar-refractivity contribution in [2.45, 2.75) is 12.6 Å². The summed E-state index contributed by atoms with van der Waals surface area (Å²) in [4.78, 5) is 24.9. The Morgan fingerprint density at radius 2 is 2.00 bits per heavy atom. The Labute approximate surface area is 86.1 Å². The molecule has 0 aliphatic heterocycles. The van der Waals surface area contributed by atoms with Gasteiger partial charge in [-0.05, 0) is 0 Å². The van der Waals surface area contributed by atoms with E-state index in [1.54, 1.807) is 0 Å². The van der Waals surface area contributed by atoms with Crippen LogP contribution in [0.1, 0.15) is 16.2 Å². The van der Waals surface area contributed by atoms with Crippen molar-refractivity contribution in [3.63, 3.8) is 0 Å². The van der Waals surface area contributed by atoms with Crippen molar-refractivity contribution < 1.29 is 28.2 Å². The maximum atomic E-state index is 11.7. The fraction of sp³-hybridized carbons (Fsp3) is 0.286. The monoisotopic (exact) mass is 241 g/mol. The number of carbonyl (C=O) groups excluding carboxylic acids is 2. The van der Waals surface area contributed by atoms with E-state index in [9.17, 15) is 22.8 Å². The third kappa shape index (κ3) is 3.76. The number of hydrogen-bond donors (Lipinski definition) is 0. The van der Waals surface area contributed by atoms with E-state index >= 15 is 0 Å². The lowest BCUT2D eigenvalue weighted by Gasteiger charge is -2.02. The van der Waals surface area contributed by atoms with Gasteiger partial charge in [-0.1, -0.05) is 0 Å². The third-order valence-electron chi connectivity index (χ3n) is 1.31. The van der Waals surface area contributed by atoms with E-state index in [1.165, 1.54) is 11.6 Å². The number of thiazole rings is 1. The molecule has 0 unspecified atom stereocenters. The summed E-state index contributed by atoms with van der Waals surface area (Å²) >= 11 is 0.903. The van der Waals surface area contributed by atoms with Crippen LogP contribution >= 0.6 is 11.3 Å². The first kappa shape index (κ1) is 13.7. The molecular weight excluding hydrogens is 235 g/mol. The van der Waals surface area contributed by atoms with Crippen LogP contribution in [-0.4, -0.2) is 28.2 Å². The van der Waals surface area contributed by atoms with Gasteiger partial charge in [-0.2, -0.15) is 13.2 Å². The first-order valence-corrected chi connectivity index (χ1v) is 4.32. The van der Waals surface area contributed by atoms with Gasteiger partial charge in [0, 0.05) is 11.6 Å². The van der Waals surface area contributed by atoms with Gasteiger partial charge in [-0.15, -0.1) is 11.3 Å². The molecule has 1 heterocycles. The predicted molar refractivity (Wildman–Crippen MR) is 45.7 cm³/mol. The number of halogens is 3. The molecule has 0 aliphatic carbocycles. The number of ketones is 2. The van der Waals surface area contributed by atoms with Crippen molar-refractivity contribution in [3.8, 4) is 0 Å². The van der Waals surface area contributed by atoms with Crippen LogP contribution in [0.5, 0.6) is 0 Å². The van der Waals surface area contributed by atoms with Gasteiger partial charge in [0.05, 0.1) is 6.42 Å². The first-order valence-electron chi connectivity index (χ1n) is 3.44. The molecule has 1 aromatic heterocycles. The minimum Gasteiger partial charge on any atom is -0.412 e. The van der Waals surface area contributed by atoms with Crippen LogP contribution in [0.15, 0.2) is 11.6 Å². The lowest BCUT2D eigenvalue weighted by molar-refractivity contribution is -0.170. The molecule has 0 aliphatic rings. The zero-order valence-corrected chi connectivity index (χ0v) is 7.98. The molecule has 0 spiro atoms. The number of rotatable bonds is 3. The van der Waals surface area contributed by atoms with E-state index in [0.29, 0.717) is 0 Å². The Bertz CT molecular complexity index is 347. The average molecular weight is 241 g/mol. The SMILES string of the molecule is O.O=C(CC(=O)C(F)(F)F)c1nccs1. The van der Waals surface area contributed by atoms with Gasteiger partial charge in [0.25, 0.3) is 0 Å². The van der Waals surface area contributed by atoms with E-state index in [2.05, 4.69) is 4.98 Å². The maximum Gasteiger partial charge on any atom is 0.450 e. The quantitative estimate of drug-likeness (QED) is 0.585. The van der Waals surface area contributed by atoms with Crippen LogP contribution < -0.4 is 0 Å². The Kier molecular flexibility index (Phi) is 4.56. The zero-order valence-electron chi connectivity index (χ0n) is 7.17. The summed E-state index contributed by atoms with van der Waals surface area (Å²) < 4.78 is 35.2. The molecule has 0 radical (unpaired) electrons. The number of nitrogens with zero attached hydrogens (tertiary/aromatic N) is 1. The van der Waals surface area contributed by atoms with Crippen LogP contribution in [0.2, 0.25) is 0 Å². The lowest BCUT2D eigenvalue weighted by atomic mass is 10.2. The van der Waals surface area contributed by atoms with Crippen molar-refractivity contribution in [3.05, 3.63) is 16.6 Å². The summed E-state index contributed by atoms with van der Waals surface area (Å²) in [7, 11) is 0. The number of aromatic nitrogens is 1. The molecule has 15 heavy (non-hydrogen) atoms. The number of hydrogen-bond acceptors (Lipinski definition) is 4. The molecule has 0 saturated carbocycles. The van der Waals surface area contributed by atoms with Crippen LogP contribution in [0, 0.1) is 0 Å². The van der Waals surface area contributed by atoms with Crippen LogP contribution in [0.3, 0.4) is 0 Å². The van der Waals surface area contributed by atoms with Gasteiger partial charge in [0.1, 0.15) is 0 Å². The number of alkyl halides is 3. The minimum absolute atomic E-state index is 0. The highest BCUT2D eigenvalue weighted by atomic mass is 32.1. The molecule has 84 valence electrons. The summed E-state index contributed by atoms with van der Waals surface area (Å²) in [5, 5.41) is 1.37. The van der Waals surface area contributed by atoms with E-state index in [4.69, 9.17) is 0 Å². The van der Waals surface area contributed by atoms with E-state index in [1.807, 2.05) is 0 Å². The summed E-state index contributed by atoms with van der Waals surface area (Å²) in [6, 6.07) is 0. The molecule has 1 rings (SSSR count). The van der Waals surface area contributed by atoms with Gasteiger partial charge >= 0.3 is 6.18 Å². The molecule has 0 aromatic carbocycles. The fourth-order valence-electron chi connectivity index (χ4n) is 0.683. The van der Waals surface area contributed by atoms with Crippen LogP contribution in [0.25, 0.3) is 0 Å². The van der Waals surface area contributed by atoms with Gasteiger partial charge in [0.15, 0.2) is 10.8 Å². The second-order valence-electron chi connectivity index (χ2n) is 2.36. The van der Waals surface area contributed by atoms with Crippen molar-refractivity contribution >= 4 is 22.9 Å². The first-order chi connectivity index (χ1) is 6.41. The molecule has 4 nitrogen and oxygen atoms in total. The number of carbonyl (C=O) groups is 2. The summed E-state index contributed by atoms with van der Waals surface area (Å²) in [6.45, 7) is 0. The van der Waals surface area contributed by atoms with Crippen molar-refractivity contribution in [1.29, 1.82) is 0 Å². The summed E-state index contributed by atoms with van der Waals surface area (Å²) in [5.74, 6) is -2.94. The molecule has 0 amide bonds. The molecular formula is C7H6F3NO3S. The highest BCUT2D eigenvalue weighted by Gasteiger charge is 2.39.